The second-order valence-corrected chi connectivity index (χ2v) is 7.65. The summed E-state index contributed by atoms with van der Waals surface area (Å²) in [6.45, 7) is 4.20. The van der Waals surface area contributed by atoms with Crippen LogP contribution in [-0.4, -0.2) is 11.2 Å². The number of aliphatic hydroxyl groups excluding tert-OH is 1. The summed E-state index contributed by atoms with van der Waals surface area (Å²) < 4.78 is 38.0. The molecule has 2 aromatic carbocycles. The van der Waals surface area contributed by atoms with Gasteiger partial charge in [0.25, 0.3) is 0 Å². The molecule has 0 spiro atoms. The lowest BCUT2D eigenvalue weighted by Crippen LogP contribution is -2.17. The Kier molecular flexibility index (Phi) is 8.95. The lowest BCUT2D eigenvalue weighted by atomic mass is 9.93. The number of alkyl halides is 3. The van der Waals surface area contributed by atoms with Crippen molar-refractivity contribution in [1.29, 1.82) is 0 Å². The standard InChI is InChI=1S/C25H30F3NO/c1-3-5-6-20(4-2)24(30)16-11-18-7-9-19(10-8-18)17-23(29)21-12-14-22(15-13-21)25(26,27)28/h7-10,12-15,20,23-24,30H,3-6,17,29H2,1-2H3. The Hall–Kier alpha value is -2.29. The number of unbranched alkanes of at least 4 members (excludes halogenated alkanes) is 1. The van der Waals surface area contributed by atoms with E-state index in [1.807, 2.05) is 24.3 Å². The molecule has 0 aliphatic rings. The zero-order chi connectivity index (χ0) is 22.1. The van der Waals surface area contributed by atoms with Crippen LogP contribution in [0, 0.1) is 17.8 Å². The van der Waals surface area contributed by atoms with Crippen LogP contribution < -0.4 is 5.73 Å². The Morgan fingerprint density at radius 1 is 1.00 bits per heavy atom. The van der Waals surface area contributed by atoms with Crippen molar-refractivity contribution in [2.45, 2.75) is 64.3 Å². The molecule has 0 saturated heterocycles. The number of aliphatic hydroxyl groups is 1. The molecule has 2 rings (SSSR count). The summed E-state index contributed by atoms with van der Waals surface area (Å²) in [5.41, 5.74) is 7.94. The van der Waals surface area contributed by atoms with E-state index >= 15 is 0 Å². The van der Waals surface area contributed by atoms with Gasteiger partial charge in [0.15, 0.2) is 0 Å². The molecule has 0 bridgehead atoms. The Balaban J connectivity index is 1.97. The lowest BCUT2D eigenvalue weighted by Gasteiger charge is -2.16. The smallest absolute Gasteiger partial charge is 0.380 e. The maximum atomic E-state index is 12.7. The first-order chi connectivity index (χ1) is 14.2. The number of benzene rings is 2. The summed E-state index contributed by atoms with van der Waals surface area (Å²) in [5.74, 6) is 6.17. The fraction of sp³-hybridized carbons (Fsp3) is 0.440. The first-order valence-electron chi connectivity index (χ1n) is 10.5. The molecular weight excluding hydrogens is 387 g/mol. The molecule has 0 saturated carbocycles. The summed E-state index contributed by atoms with van der Waals surface area (Å²) in [7, 11) is 0. The van der Waals surface area contributed by atoms with Crippen molar-refractivity contribution < 1.29 is 18.3 Å². The van der Waals surface area contributed by atoms with Crippen molar-refractivity contribution in [3.8, 4) is 11.8 Å². The Bertz CT molecular complexity index is 832. The number of rotatable bonds is 8. The van der Waals surface area contributed by atoms with Gasteiger partial charge in [-0.25, -0.2) is 0 Å². The molecule has 0 amide bonds. The van der Waals surface area contributed by atoms with Crippen molar-refractivity contribution in [1.82, 2.24) is 0 Å². The fourth-order valence-electron chi connectivity index (χ4n) is 3.34. The van der Waals surface area contributed by atoms with Crippen LogP contribution in [0.15, 0.2) is 48.5 Å². The van der Waals surface area contributed by atoms with Gasteiger partial charge in [0.1, 0.15) is 6.10 Å². The minimum Gasteiger partial charge on any atom is -0.380 e. The molecule has 2 nitrogen and oxygen atoms in total. The average Bonchev–Trinajstić information content (AvgIpc) is 2.73. The minimum atomic E-state index is -4.35. The van der Waals surface area contributed by atoms with Crippen LogP contribution in [0.1, 0.15) is 67.8 Å². The van der Waals surface area contributed by atoms with E-state index < -0.39 is 23.9 Å². The van der Waals surface area contributed by atoms with Crippen molar-refractivity contribution in [2.24, 2.45) is 11.7 Å². The van der Waals surface area contributed by atoms with Crippen molar-refractivity contribution in [3.05, 3.63) is 70.8 Å². The third-order valence-electron chi connectivity index (χ3n) is 5.34. The van der Waals surface area contributed by atoms with E-state index in [-0.39, 0.29) is 5.92 Å². The van der Waals surface area contributed by atoms with E-state index in [9.17, 15) is 18.3 Å². The van der Waals surface area contributed by atoms with Crippen LogP contribution in [-0.2, 0) is 12.6 Å². The minimum absolute atomic E-state index is 0.193. The summed E-state index contributed by atoms with van der Waals surface area (Å²) >= 11 is 0. The van der Waals surface area contributed by atoms with Crippen molar-refractivity contribution >= 4 is 0 Å². The zero-order valence-electron chi connectivity index (χ0n) is 17.5. The van der Waals surface area contributed by atoms with Crippen molar-refractivity contribution in [3.63, 3.8) is 0 Å². The highest BCUT2D eigenvalue weighted by molar-refractivity contribution is 5.37. The van der Waals surface area contributed by atoms with Crippen LogP contribution in [0.4, 0.5) is 13.2 Å². The van der Waals surface area contributed by atoms with Crippen LogP contribution in [0.25, 0.3) is 0 Å². The first-order valence-corrected chi connectivity index (χ1v) is 10.5. The number of halogens is 3. The van der Waals surface area contributed by atoms with E-state index in [2.05, 4.69) is 25.7 Å². The van der Waals surface area contributed by atoms with Gasteiger partial charge in [0, 0.05) is 11.6 Å². The third kappa shape index (κ3) is 7.19. The molecule has 0 aliphatic carbocycles. The molecule has 30 heavy (non-hydrogen) atoms. The van der Waals surface area contributed by atoms with Gasteiger partial charge >= 0.3 is 6.18 Å². The van der Waals surface area contributed by atoms with Crippen LogP contribution >= 0.6 is 0 Å². The van der Waals surface area contributed by atoms with Gasteiger partial charge in [0.05, 0.1) is 5.56 Å². The molecular formula is C25H30F3NO. The predicted octanol–water partition coefficient (Wildman–Crippen LogP) is 5.88. The molecule has 0 aliphatic heterocycles. The summed E-state index contributed by atoms with van der Waals surface area (Å²) in [6, 6.07) is 12.2. The highest BCUT2D eigenvalue weighted by Crippen LogP contribution is 2.30. The van der Waals surface area contributed by atoms with Gasteiger partial charge in [-0.05, 0) is 60.6 Å². The van der Waals surface area contributed by atoms with E-state index in [1.165, 1.54) is 12.1 Å². The molecule has 5 heteroatoms. The number of hydrogen-bond donors (Lipinski definition) is 2. The maximum absolute atomic E-state index is 12.7. The largest absolute Gasteiger partial charge is 0.416 e. The quantitative estimate of drug-likeness (QED) is 0.527. The topological polar surface area (TPSA) is 46.2 Å². The average molecular weight is 418 g/mol. The summed E-state index contributed by atoms with van der Waals surface area (Å²) in [5, 5.41) is 10.3. The SMILES string of the molecule is CCCCC(CC)C(O)C#Cc1ccc(CC(N)c2ccc(C(F)(F)F)cc2)cc1. The third-order valence-corrected chi connectivity index (χ3v) is 5.34. The molecule has 3 N–H and O–H groups in total. The normalized spacial score (nSPS) is 14.5. The number of nitrogens with two attached hydrogens (primary N) is 1. The second kappa shape index (κ2) is 11.2. The van der Waals surface area contributed by atoms with E-state index in [1.54, 1.807) is 0 Å². The Morgan fingerprint density at radius 3 is 2.17 bits per heavy atom. The Morgan fingerprint density at radius 2 is 1.63 bits per heavy atom. The maximum Gasteiger partial charge on any atom is 0.416 e. The molecule has 0 radical (unpaired) electrons. The van der Waals surface area contributed by atoms with Gasteiger partial charge in [-0.1, -0.05) is 62.8 Å². The van der Waals surface area contributed by atoms with Crippen LogP contribution in [0.2, 0.25) is 0 Å². The van der Waals surface area contributed by atoms with Gasteiger partial charge < -0.3 is 10.8 Å². The van der Waals surface area contributed by atoms with Crippen molar-refractivity contribution in [2.75, 3.05) is 0 Å². The van der Waals surface area contributed by atoms with E-state index in [4.69, 9.17) is 5.73 Å². The molecule has 0 fully saturated rings. The summed E-state index contributed by atoms with van der Waals surface area (Å²) in [6.07, 6.45) is -0.399. The van der Waals surface area contributed by atoms with Gasteiger partial charge in [-0.3, -0.25) is 0 Å². The molecule has 3 unspecified atom stereocenters. The highest BCUT2D eigenvalue weighted by Gasteiger charge is 2.30. The Labute approximate surface area is 177 Å². The highest BCUT2D eigenvalue weighted by atomic mass is 19.4. The summed E-state index contributed by atoms with van der Waals surface area (Å²) in [4.78, 5) is 0. The van der Waals surface area contributed by atoms with Crippen LogP contribution in [0.3, 0.4) is 0 Å². The van der Waals surface area contributed by atoms with Gasteiger partial charge in [0.2, 0.25) is 0 Å². The van der Waals surface area contributed by atoms with Crippen LogP contribution in [0.5, 0.6) is 0 Å². The van der Waals surface area contributed by atoms with Gasteiger partial charge in [-0.15, -0.1) is 0 Å². The monoisotopic (exact) mass is 417 g/mol. The fourth-order valence-corrected chi connectivity index (χ4v) is 3.34. The molecule has 3 atom stereocenters. The molecule has 0 aromatic heterocycles. The van der Waals surface area contributed by atoms with E-state index in [0.717, 1.165) is 48.9 Å². The molecule has 162 valence electrons. The molecule has 2 aromatic rings. The molecule has 0 heterocycles. The number of hydrogen-bond acceptors (Lipinski definition) is 2. The lowest BCUT2D eigenvalue weighted by molar-refractivity contribution is -0.137. The predicted molar refractivity (Wildman–Crippen MR) is 115 cm³/mol. The zero-order valence-corrected chi connectivity index (χ0v) is 17.5. The van der Waals surface area contributed by atoms with E-state index in [0.29, 0.717) is 12.0 Å². The van der Waals surface area contributed by atoms with Gasteiger partial charge in [-0.2, -0.15) is 13.2 Å². The first kappa shape index (κ1) is 24.0. The second-order valence-electron chi connectivity index (χ2n) is 7.65.